The van der Waals surface area contributed by atoms with E-state index in [4.69, 9.17) is 5.11 Å². The molecule has 2 unspecified atom stereocenters. The van der Waals surface area contributed by atoms with Gasteiger partial charge < -0.3 is 5.11 Å². The van der Waals surface area contributed by atoms with Crippen molar-refractivity contribution in [1.29, 1.82) is 5.26 Å². The van der Waals surface area contributed by atoms with Crippen molar-refractivity contribution in [1.82, 2.24) is 4.90 Å². The smallest absolute Gasteiger partial charge is 0.0672 e. The maximum atomic E-state index is 9.30. The highest BCUT2D eigenvalue weighted by molar-refractivity contribution is 4.95. The number of hydrogen-bond donors (Lipinski definition) is 1. The molecule has 0 bridgehead atoms. The number of aliphatic hydroxyl groups is 1. The van der Waals surface area contributed by atoms with Gasteiger partial charge >= 0.3 is 0 Å². The Morgan fingerprint density at radius 2 is 1.76 bits per heavy atom. The Hall–Kier alpha value is -0.590. The second kappa shape index (κ2) is 6.37. The van der Waals surface area contributed by atoms with Crippen LogP contribution in [0, 0.1) is 23.2 Å². The lowest BCUT2D eigenvalue weighted by atomic mass is 9.90. The van der Waals surface area contributed by atoms with E-state index in [1.165, 1.54) is 25.7 Å². The van der Waals surface area contributed by atoms with Gasteiger partial charge in [0.1, 0.15) is 0 Å². The Bertz CT molecular complexity index is 266. The third kappa shape index (κ3) is 3.20. The maximum absolute atomic E-state index is 9.30. The van der Waals surface area contributed by atoms with E-state index in [0.29, 0.717) is 18.6 Å². The summed E-state index contributed by atoms with van der Waals surface area (Å²) in [6, 6.07) is 3.01. The maximum Gasteiger partial charge on any atom is 0.0672 e. The summed E-state index contributed by atoms with van der Waals surface area (Å²) >= 11 is 0. The van der Waals surface area contributed by atoms with Gasteiger partial charge in [-0.25, -0.2) is 0 Å². The van der Waals surface area contributed by atoms with Crippen LogP contribution in [0.15, 0.2) is 0 Å². The van der Waals surface area contributed by atoms with Crippen LogP contribution in [0.25, 0.3) is 0 Å². The summed E-state index contributed by atoms with van der Waals surface area (Å²) in [4.78, 5) is 2.52. The zero-order chi connectivity index (χ0) is 12.1. The summed E-state index contributed by atoms with van der Waals surface area (Å²) in [5, 5.41) is 18.5. The molecule has 0 spiro atoms. The van der Waals surface area contributed by atoms with Gasteiger partial charge in [-0.15, -0.1) is 0 Å². The average molecular weight is 236 g/mol. The first-order chi connectivity index (χ1) is 8.35. The van der Waals surface area contributed by atoms with Crippen LogP contribution >= 0.6 is 0 Å². The lowest BCUT2D eigenvalue weighted by Gasteiger charge is -2.38. The van der Waals surface area contributed by atoms with Gasteiger partial charge in [0.25, 0.3) is 0 Å². The highest BCUT2D eigenvalue weighted by atomic mass is 16.3. The molecule has 17 heavy (non-hydrogen) atoms. The van der Waals surface area contributed by atoms with Crippen molar-refractivity contribution >= 4 is 0 Å². The first-order valence-electron chi connectivity index (χ1n) is 7.09. The number of aliphatic hydroxyl groups excluding tert-OH is 1. The number of likely N-dealkylation sites (tertiary alicyclic amines) is 1. The van der Waals surface area contributed by atoms with Gasteiger partial charge in [0.2, 0.25) is 0 Å². The van der Waals surface area contributed by atoms with Gasteiger partial charge in [0.15, 0.2) is 0 Å². The first kappa shape index (κ1) is 12.9. The molecule has 0 aromatic carbocycles. The van der Waals surface area contributed by atoms with Crippen molar-refractivity contribution in [2.24, 2.45) is 11.8 Å². The molecule has 2 aliphatic rings. The quantitative estimate of drug-likeness (QED) is 0.747. The molecule has 1 aliphatic carbocycles. The van der Waals surface area contributed by atoms with Crippen LogP contribution in [0.1, 0.15) is 44.9 Å². The number of hydrogen-bond acceptors (Lipinski definition) is 3. The van der Waals surface area contributed by atoms with E-state index in [-0.39, 0.29) is 5.92 Å². The number of nitriles is 1. The van der Waals surface area contributed by atoms with E-state index >= 15 is 0 Å². The molecule has 1 N–H and O–H groups in total. The standard InChI is InChI=1S/C14H24N2O/c15-10-13-4-2-1-3-5-14(13)16-8-6-12(11-17)7-9-16/h12-14,17H,1-9,11H2. The van der Waals surface area contributed by atoms with E-state index in [2.05, 4.69) is 11.0 Å². The van der Waals surface area contributed by atoms with Crippen molar-refractivity contribution in [2.45, 2.75) is 51.0 Å². The third-order valence-electron chi connectivity index (χ3n) is 4.52. The summed E-state index contributed by atoms with van der Waals surface area (Å²) in [5.74, 6) is 0.737. The van der Waals surface area contributed by atoms with Crippen LogP contribution in [-0.2, 0) is 0 Å². The minimum atomic E-state index is 0.239. The van der Waals surface area contributed by atoms with Crippen molar-refractivity contribution in [3.05, 3.63) is 0 Å². The Labute approximate surface area is 104 Å². The molecule has 2 atom stereocenters. The minimum absolute atomic E-state index is 0.239. The number of piperidine rings is 1. The Kier molecular flexibility index (Phi) is 4.82. The normalized spacial score (nSPS) is 32.9. The van der Waals surface area contributed by atoms with Gasteiger partial charge in [0.05, 0.1) is 12.0 Å². The second-order valence-corrected chi connectivity index (χ2v) is 5.60. The van der Waals surface area contributed by atoms with E-state index in [0.717, 1.165) is 32.4 Å². The van der Waals surface area contributed by atoms with Crippen LogP contribution in [0.2, 0.25) is 0 Å². The molecule has 0 aromatic heterocycles. The van der Waals surface area contributed by atoms with Crippen LogP contribution in [0.5, 0.6) is 0 Å². The molecular formula is C14H24N2O. The van der Waals surface area contributed by atoms with E-state index in [9.17, 15) is 5.26 Å². The molecule has 1 saturated heterocycles. The van der Waals surface area contributed by atoms with Crippen LogP contribution in [0.4, 0.5) is 0 Å². The lowest BCUT2D eigenvalue weighted by molar-refractivity contribution is 0.0814. The topological polar surface area (TPSA) is 47.3 Å². The minimum Gasteiger partial charge on any atom is -0.396 e. The number of rotatable bonds is 2. The molecule has 0 amide bonds. The number of nitrogens with zero attached hydrogens (tertiary/aromatic N) is 2. The molecule has 96 valence electrons. The molecule has 1 aliphatic heterocycles. The monoisotopic (exact) mass is 236 g/mol. The molecule has 3 heteroatoms. The van der Waals surface area contributed by atoms with E-state index in [1.54, 1.807) is 0 Å². The molecule has 0 aromatic rings. The van der Waals surface area contributed by atoms with Crippen molar-refractivity contribution in [3.8, 4) is 6.07 Å². The highest BCUT2D eigenvalue weighted by Crippen LogP contribution is 2.30. The van der Waals surface area contributed by atoms with Gasteiger partial charge in [-0.2, -0.15) is 5.26 Å². The molecule has 2 rings (SSSR count). The molecular weight excluding hydrogens is 212 g/mol. The first-order valence-corrected chi connectivity index (χ1v) is 7.09. The SMILES string of the molecule is N#CC1CCCCCC1N1CCC(CO)CC1. The van der Waals surface area contributed by atoms with Gasteiger partial charge in [-0.05, 0) is 44.7 Å². The molecule has 1 saturated carbocycles. The van der Waals surface area contributed by atoms with Crippen molar-refractivity contribution in [3.63, 3.8) is 0 Å². The largest absolute Gasteiger partial charge is 0.396 e. The highest BCUT2D eigenvalue weighted by Gasteiger charge is 2.31. The summed E-state index contributed by atoms with van der Waals surface area (Å²) in [6.45, 7) is 2.49. The molecule has 0 radical (unpaired) electrons. The predicted molar refractivity (Wildman–Crippen MR) is 67.4 cm³/mol. The Morgan fingerprint density at radius 1 is 1.06 bits per heavy atom. The molecule has 3 nitrogen and oxygen atoms in total. The van der Waals surface area contributed by atoms with Gasteiger partial charge in [-0.3, -0.25) is 4.90 Å². The average Bonchev–Trinajstić information content (AvgIpc) is 2.64. The fourth-order valence-electron chi connectivity index (χ4n) is 3.34. The lowest BCUT2D eigenvalue weighted by Crippen LogP contribution is -2.45. The molecule has 1 heterocycles. The zero-order valence-electron chi connectivity index (χ0n) is 10.6. The van der Waals surface area contributed by atoms with Gasteiger partial charge in [-0.1, -0.05) is 19.3 Å². The van der Waals surface area contributed by atoms with E-state index in [1.807, 2.05) is 0 Å². The van der Waals surface area contributed by atoms with E-state index < -0.39 is 0 Å². The summed E-state index contributed by atoms with van der Waals surface area (Å²) in [6.07, 6.45) is 8.28. The second-order valence-electron chi connectivity index (χ2n) is 5.60. The summed E-state index contributed by atoms with van der Waals surface area (Å²) < 4.78 is 0. The van der Waals surface area contributed by atoms with Crippen LogP contribution in [-0.4, -0.2) is 35.7 Å². The van der Waals surface area contributed by atoms with Crippen molar-refractivity contribution < 1.29 is 5.11 Å². The fourth-order valence-corrected chi connectivity index (χ4v) is 3.34. The summed E-state index contributed by atoms with van der Waals surface area (Å²) in [7, 11) is 0. The van der Waals surface area contributed by atoms with Gasteiger partial charge in [0, 0.05) is 12.6 Å². The van der Waals surface area contributed by atoms with Crippen LogP contribution in [0.3, 0.4) is 0 Å². The fraction of sp³-hybridized carbons (Fsp3) is 0.929. The Morgan fingerprint density at radius 3 is 2.41 bits per heavy atom. The van der Waals surface area contributed by atoms with Crippen LogP contribution < -0.4 is 0 Å². The third-order valence-corrected chi connectivity index (χ3v) is 4.52. The van der Waals surface area contributed by atoms with Crippen molar-refractivity contribution in [2.75, 3.05) is 19.7 Å². The Balaban J connectivity index is 1.93. The zero-order valence-corrected chi connectivity index (χ0v) is 10.6. The summed E-state index contributed by atoms with van der Waals surface area (Å²) in [5.41, 5.74) is 0. The predicted octanol–water partition coefficient (Wildman–Crippen LogP) is 2.16. The molecule has 2 fully saturated rings.